The molecule has 0 spiro atoms. The summed E-state index contributed by atoms with van der Waals surface area (Å²) in [7, 11) is 0. The first-order chi connectivity index (χ1) is 7.72. The third-order valence-electron chi connectivity index (χ3n) is 2.44. The molecular weight excluding hydrogens is 196 g/mol. The number of rotatable bonds is 5. The van der Waals surface area contributed by atoms with Crippen molar-refractivity contribution in [2.24, 2.45) is 5.92 Å². The number of allylic oxidation sites excluding steroid dienone is 2. The van der Waals surface area contributed by atoms with Crippen LogP contribution in [0, 0.1) is 5.92 Å². The van der Waals surface area contributed by atoms with Gasteiger partial charge in [0.05, 0.1) is 6.10 Å². The summed E-state index contributed by atoms with van der Waals surface area (Å²) >= 11 is 0. The van der Waals surface area contributed by atoms with Gasteiger partial charge in [-0.3, -0.25) is 0 Å². The standard InChI is InChI=1S/C15H20O/c1-3-7-15(16)12-13(2)10-11-14-8-5-4-6-9-14/h3-11,13,15-16H,12H2,1-2H3/b7-3+,11-10+/t13-,15-/m1/s1. The Morgan fingerprint density at radius 1 is 1.19 bits per heavy atom. The van der Waals surface area contributed by atoms with Crippen LogP contribution in [0.15, 0.2) is 48.6 Å². The van der Waals surface area contributed by atoms with Crippen molar-refractivity contribution < 1.29 is 5.11 Å². The zero-order valence-electron chi connectivity index (χ0n) is 10.0. The molecular formula is C15H20O. The van der Waals surface area contributed by atoms with Gasteiger partial charge >= 0.3 is 0 Å². The lowest BCUT2D eigenvalue weighted by atomic mass is 10.0. The van der Waals surface area contributed by atoms with Gasteiger partial charge in [0.15, 0.2) is 0 Å². The third kappa shape index (κ3) is 4.94. The molecule has 0 amide bonds. The molecule has 0 unspecified atom stereocenters. The van der Waals surface area contributed by atoms with Crippen LogP contribution in [-0.2, 0) is 0 Å². The summed E-state index contributed by atoms with van der Waals surface area (Å²) < 4.78 is 0. The summed E-state index contributed by atoms with van der Waals surface area (Å²) in [6.45, 7) is 4.04. The van der Waals surface area contributed by atoms with Crippen LogP contribution in [-0.4, -0.2) is 11.2 Å². The van der Waals surface area contributed by atoms with E-state index in [4.69, 9.17) is 0 Å². The molecule has 0 saturated heterocycles. The molecule has 1 aromatic carbocycles. The number of aliphatic hydroxyl groups excluding tert-OH is 1. The second-order valence-corrected chi connectivity index (χ2v) is 4.08. The van der Waals surface area contributed by atoms with Crippen LogP contribution in [0.3, 0.4) is 0 Å². The predicted octanol–water partition coefficient (Wildman–Crippen LogP) is 3.66. The van der Waals surface area contributed by atoms with Crippen molar-refractivity contribution in [2.45, 2.75) is 26.4 Å². The summed E-state index contributed by atoms with van der Waals surface area (Å²) in [5.41, 5.74) is 1.20. The maximum absolute atomic E-state index is 9.60. The van der Waals surface area contributed by atoms with E-state index in [1.165, 1.54) is 5.56 Å². The van der Waals surface area contributed by atoms with Gasteiger partial charge in [-0.05, 0) is 24.8 Å². The molecule has 1 rings (SSSR count). The highest BCUT2D eigenvalue weighted by Gasteiger charge is 2.03. The molecule has 16 heavy (non-hydrogen) atoms. The Labute approximate surface area is 98.1 Å². The number of benzene rings is 1. The van der Waals surface area contributed by atoms with Crippen LogP contribution in [0.4, 0.5) is 0 Å². The molecule has 0 saturated carbocycles. The minimum Gasteiger partial charge on any atom is -0.389 e. The van der Waals surface area contributed by atoms with E-state index in [0.29, 0.717) is 5.92 Å². The van der Waals surface area contributed by atoms with E-state index in [1.54, 1.807) is 0 Å². The van der Waals surface area contributed by atoms with Gasteiger partial charge in [-0.15, -0.1) is 0 Å². The van der Waals surface area contributed by atoms with Crippen LogP contribution >= 0.6 is 0 Å². The third-order valence-corrected chi connectivity index (χ3v) is 2.44. The molecule has 0 bridgehead atoms. The molecule has 1 nitrogen and oxygen atoms in total. The van der Waals surface area contributed by atoms with Gasteiger partial charge in [-0.1, -0.05) is 61.6 Å². The van der Waals surface area contributed by atoms with E-state index in [0.717, 1.165) is 6.42 Å². The first-order valence-electron chi connectivity index (χ1n) is 5.76. The first kappa shape index (κ1) is 12.7. The number of hydrogen-bond donors (Lipinski definition) is 1. The molecule has 1 aromatic rings. The Hall–Kier alpha value is -1.34. The average Bonchev–Trinajstić information content (AvgIpc) is 2.28. The van der Waals surface area contributed by atoms with Gasteiger partial charge in [0.2, 0.25) is 0 Å². The second-order valence-electron chi connectivity index (χ2n) is 4.08. The van der Waals surface area contributed by atoms with Gasteiger partial charge in [-0.25, -0.2) is 0 Å². The SMILES string of the molecule is C/C=C/[C@@H](O)C[C@H](C)/C=C/c1ccccc1. The summed E-state index contributed by atoms with van der Waals surface area (Å²) in [5.74, 6) is 0.381. The summed E-state index contributed by atoms with van der Waals surface area (Å²) in [4.78, 5) is 0. The number of hydrogen-bond acceptors (Lipinski definition) is 1. The lowest BCUT2D eigenvalue weighted by Gasteiger charge is -2.09. The lowest BCUT2D eigenvalue weighted by molar-refractivity contribution is 0.200. The van der Waals surface area contributed by atoms with Gasteiger partial charge in [0, 0.05) is 0 Å². The molecule has 0 fully saturated rings. The highest BCUT2D eigenvalue weighted by atomic mass is 16.3. The molecule has 0 aliphatic rings. The van der Waals surface area contributed by atoms with E-state index in [9.17, 15) is 5.11 Å². The summed E-state index contributed by atoms with van der Waals surface area (Å²) in [5, 5.41) is 9.60. The van der Waals surface area contributed by atoms with Crippen molar-refractivity contribution in [2.75, 3.05) is 0 Å². The van der Waals surface area contributed by atoms with Crippen LogP contribution < -0.4 is 0 Å². The monoisotopic (exact) mass is 216 g/mol. The smallest absolute Gasteiger partial charge is 0.0726 e. The van der Waals surface area contributed by atoms with Crippen molar-refractivity contribution in [3.63, 3.8) is 0 Å². The zero-order chi connectivity index (χ0) is 11.8. The van der Waals surface area contributed by atoms with Crippen molar-refractivity contribution in [3.8, 4) is 0 Å². The Bertz CT molecular complexity index is 338. The minimum absolute atomic E-state index is 0.333. The summed E-state index contributed by atoms with van der Waals surface area (Å²) in [6.07, 6.45) is 8.40. The summed E-state index contributed by atoms with van der Waals surface area (Å²) in [6, 6.07) is 10.2. The van der Waals surface area contributed by atoms with Gasteiger partial charge in [0.25, 0.3) is 0 Å². The highest BCUT2D eigenvalue weighted by Crippen LogP contribution is 2.11. The van der Waals surface area contributed by atoms with Crippen LogP contribution in [0.25, 0.3) is 6.08 Å². The fourth-order valence-electron chi connectivity index (χ4n) is 1.60. The minimum atomic E-state index is -0.333. The van der Waals surface area contributed by atoms with E-state index in [-0.39, 0.29) is 6.10 Å². The van der Waals surface area contributed by atoms with Gasteiger partial charge in [-0.2, -0.15) is 0 Å². The largest absolute Gasteiger partial charge is 0.389 e. The fraction of sp³-hybridized carbons (Fsp3) is 0.333. The highest BCUT2D eigenvalue weighted by molar-refractivity contribution is 5.48. The average molecular weight is 216 g/mol. The molecule has 0 aliphatic heterocycles. The Kier molecular flexibility index (Phi) is 5.58. The molecule has 0 aliphatic carbocycles. The van der Waals surface area contributed by atoms with Crippen molar-refractivity contribution >= 4 is 6.08 Å². The van der Waals surface area contributed by atoms with E-state index < -0.39 is 0 Å². The molecule has 1 N–H and O–H groups in total. The molecule has 86 valence electrons. The van der Waals surface area contributed by atoms with E-state index in [2.05, 4.69) is 31.2 Å². The Morgan fingerprint density at radius 3 is 2.50 bits per heavy atom. The van der Waals surface area contributed by atoms with E-state index in [1.807, 2.05) is 37.3 Å². The lowest BCUT2D eigenvalue weighted by Crippen LogP contribution is -2.06. The van der Waals surface area contributed by atoms with Gasteiger partial charge in [0.1, 0.15) is 0 Å². The maximum atomic E-state index is 9.60. The predicted molar refractivity (Wildman–Crippen MR) is 70.1 cm³/mol. The molecule has 2 atom stereocenters. The molecule has 0 heterocycles. The van der Waals surface area contributed by atoms with E-state index >= 15 is 0 Å². The normalized spacial score (nSPS) is 15.7. The van der Waals surface area contributed by atoms with Crippen LogP contribution in [0.5, 0.6) is 0 Å². The van der Waals surface area contributed by atoms with Gasteiger partial charge < -0.3 is 5.11 Å². The van der Waals surface area contributed by atoms with Crippen LogP contribution in [0.2, 0.25) is 0 Å². The Morgan fingerprint density at radius 2 is 1.88 bits per heavy atom. The van der Waals surface area contributed by atoms with Crippen molar-refractivity contribution in [1.29, 1.82) is 0 Å². The molecule has 0 aromatic heterocycles. The Balaban J connectivity index is 2.45. The molecule has 0 radical (unpaired) electrons. The number of aliphatic hydroxyl groups is 1. The fourth-order valence-corrected chi connectivity index (χ4v) is 1.60. The van der Waals surface area contributed by atoms with Crippen molar-refractivity contribution in [1.82, 2.24) is 0 Å². The maximum Gasteiger partial charge on any atom is 0.0726 e. The first-order valence-corrected chi connectivity index (χ1v) is 5.76. The second kappa shape index (κ2) is 7.02. The zero-order valence-corrected chi connectivity index (χ0v) is 10.0. The topological polar surface area (TPSA) is 20.2 Å². The molecule has 1 heteroatoms. The quantitative estimate of drug-likeness (QED) is 0.745. The van der Waals surface area contributed by atoms with Crippen molar-refractivity contribution in [3.05, 3.63) is 54.1 Å². The van der Waals surface area contributed by atoms with Crippen LogP contribution in [0.1, 0.15) is 25.8 Å².